The van der Waals surface area contributed by atoms with Crippen LogP contribution in [0.3, 0.4) is 0 Å². The van der Waals surface area contributed by atoms with E-state index in [1.165, 1.54) is 25.7 Å². The Hall–Kier alpha value is -0.940. The second kappa shape index (κ2) is 4.74. The number of hydrogen-bond acceptors (Lipinski definition) is 3. The fraction of sp³-hybridized carbons (Fsp3) is 0.500. The van der Waals surface area contributed by atoms with Crippen LogP contribution in [0.5, 0.6) is 0 Å². The predicted octanol–water partition coefficient (Wildman–Crippen LogP) is 2.52. The van der Waals surface area contributed by atoms with Gasteiger partial charge in [-0.25, -0.2) is 9.50 Å². The predicted molar refractivity (Wildman–Crippen MR) is 69.8 cm³/mol. The van der Waals surface area contributed by atoms with Crippen molar-refractivity contribution in [3.8, 4) is 0 Å². The van der Waals surface area contributed by atoms with E-state index in [2.05, 4.69) is 31.3 Å². The average molecular weight is 295 g/mol. The van der Waals surface area contributed by atoms with Gasteiger partial charge in [-0.05, 0) is 40.9 Å². The molecule has 0 atom stereocenters. The van der Waals surface area contributed by atoms with Crippen LogP contribution in [0, 0.1) is 0 Å². The third-order valence-electron chi connectivity index (χ3n) is 3.24. The molecule has 5 heteroatoms. The summed E-state index contributed by atoms with van der Waals surface area (Å²) in [7, 11) is 0. The van der Waals surface area contributed by atoms with Crippen molar-refractivity contribution in [2.45, 2.75) is 38.3 Å². The Morgan fingerprint density at radius 3 is 3.00 bits per heavy atom. The minimum absolute atomic E-state index is 0.661. The number of fused-ring (bicyclic) bond motifs is 1. The van der Waals surface area contributed by atoms with Crippen molar-refractivity contribution in [2.75, 3.05) is 0 Å². The zero-order valence-electron chi connectivity index (χ0n) is 9.56. The summed E-state index contributed by atoms with van der Waals surface area (Å²) < 4.78 is 2.83. The molecule has 1 N–H and O–H groups in total. The Morgan fingerprint density at radius 1 is 1.35 bits per heavy atom. The molecule has 2 aromatic heterocycles. The van der Waals surface area contributed by atoms with Crippen LogP contribution >= 0.6 is 15.9 Å². The van der Waals surface area contributed by atoms with Gasteiger partial charge in [0, 0.05) is 16.7 Å². The molecular formula is C12H15BrN4. The molecule has 90 valence electrons. The molecule has 2 aromatic rings. The largest absolute Gasteiger partial charge is 0.307 e. The van der Waals surface area contributed by atoms with Gasteiger partial charge in [-0.1, -0.05) is 12.8 Å². The van der Waals surface area contributed by atoms with Crippen LogP contribution in [-0.2, 0) is 6.54 Å². The summed E-state index contributed by atoms with van der Waals surface area (Å²) in [5.41, 5.74) is 0.899. The molecule has 17 heavy (non-hydrogen) atoms. The highest BCUT2D eigenvalue weighted by Gasteiger charge is 2.14. The van der Waals surface area contributed by atoms with Crippen molar-refractivity contribution in [3.63, 3.8) is 0 Å². The first kappa shape index (κ1) is 11.2. The van der Waals surface area contributed by atoms with E-state index in [0.717, 1.165) is 22.5 Å². The first-order valence-electron chi connectivity index (χ1n) is 6.05. The Kier molecular flexibility index (Phi) is 3.11. The first-order valence-corrected chi connectivity index (χ1v) is 6.85. The van der Waals surface area contributed by atoms with Gasteiger partial charge in [0.05, 0.1) is 6.54 Å². The molecular weight excluding hydrogens is 280 g/mol. The molecule has 3 rings (SSSR count). The number of rotatable bonds is 3. The fourth-order valence-electron chi connectivity index (χ4n) is 2.34. The van der Waals surface area contributed by atoms with Gasteiger partial charge in [-0.2, -0.15) is 0 Å². The van der Waals surface area contributed by atoms with Gasteiger partial charge in [0.2, 0.25) is 0 Å². The summed E-state index contributed by atoms with van der Waals surface area (Å²) in [6, 6.07) is 4.61. The molecule has 0 bridgehead atoms. The van der Waals surface area contributed by atoms with E-state index >= 15 is 0 Å². The number of pyridine rings is 1. The molecule has 0 amide bonds. The summed E-state index contributed by atoms with van der Waals surface area (Å²) in [6.07, 6.45) is 7.21. The van der Waals surface area contributed by atoms with E-state index in [1.54, 1.807) is 0 Å². The summed E-state index contributed by atoms with van der Waals surface area (Å²) in [6.45, 7) is 0.768. The molecule has 0 radical (unpaired) electrons. The molecule has 0 saturated heterocycles. The van der Waals surface area contributed by atoms with Gasteiger partial charge in [0.15, 0.2) is 11.5 Å². The van der Waals surface area contributed by atoms with Gasteiger partial charge in [-0.15, -0.1) is 5.10 Å². The van der Waals surface area contributed by atoms with Crippen LogP contribution in [-0.4, -0.2) is 20.6 Å². The quantitative estimate of drug-likeness (QED) is 0.946. The minimum atomic E-state index is 0.661. The highest BCUT2D eigenvalue weighted by atomic mass is 79.9. The van der Waals surface area contributed by atoms with Crippen LogP contribution in [0.4, 0.5) is 0 Å². The molecule has 2 heterocycles. The molecule has 1 aliphatic carbocycles. The van der Waals surface area contributed by atoms with E-state index in [0.29, 0.717) is 6.04 Å². The van der Waals surface area contributed by atoms with Gasteiger partial charge in [-0.3, -0.25) is 0 Å². The maximum atomic E-state index is 4.48. The first-order chi connectivity index (χ1) is 8.31. The number of hydrogen-bond donors (Lipinski definition) is 1. The maximum absolute atomic E-state index is 4.48. The van der Waals surface area contributed by atoms with Crippen molar-refractivity contribution in [1.29, 1.82) is 0 Å². The highest BCUT2D eigenvalue weighted by molar-refractivity contribution is 9.10. The molecule has 0 spiro atoms. The van der Waals surface area contributed by atoms with Crippen LogP contribution in [0.1, 0.15) is 31.5 Å². The topological polar surface area (TPSA) is 42.2 Å². The number of aromatic nitrogens is 3. The second-order valence-electron chi connectivity index (χ2n) is 4.54. The van der Waals surface area contributed by atoms with Crippen LogP contribution in [0.2, 0.25) is 0 Å². The molecule has 0 unspecified atom stereocenters. The van der Waals surface area contributed by atoms with Crippen LogP contribution in [0.15, 0.2) is 22.8 Å². The van der Waals surface area contributed by atoms with Gasteiger partial charge in [0.1, 0.15) is 0 Å². The van der Waals surface area contributed by atoms with E-state index in [1.807, 2.05) is 22.8 Å². The Labute approximate surface area is 109 Å². The lowest BCUT2D eigenvalue weighted by Gasteiger charge is -2.08. The SMILES string of the molecule is Brc1ccc2nc(CNC3CCCC3)nn2c1. The number of nitrogens with zero attached hydrogens (tertiary/aromatic N) is 3. The third kappa shape index (κ3) is 2.50. The summed E-state index contributed by atoms with van der Waals surface area (Å²) >= 11 is 3.43. The van der Waals surface area contributed by atoms with Crippen molar-refractivity contribution in [3.05, 3.63) is 28.6 Å². The highest BCUT2D eigenvalue weighted by Crippen LogP contribution is 2.18. The molecule has 0 aliphatic heterocycles. The normalized spacial score (nSPS) is 17.0. The van der Waals surface area contributed by atoms with Crippen molar-refractivity contribution in [2.24, 2.45) is 0 Å². The zero-order chi connectivity index (χ0) is 11.7. The van der Waals surface area contributed by atoms with E-state index in [9.17, 15) is 0 Å². The van der Waals surface area contributed by atoms with E-state index in [4.69, 9.17) is 0 Å². The van der Waals surface area contributed by atoms with Crippen LogP contribution < -0.4 is 5.32 Å². The Morgan fingerprint density at radius 2 is 2.18 bits per heavy atom. The zero-order valence-corrected chi connectivity index (χ0v) is 11.2. The molecule has 1 saturated carbocycles. The number of nitrogens with one attached hydrogen (secondary N) is 1. The minimum Gasteiger partial charge on any atom is -0.307 e. The lowest BCUT2D eigenvalue weighted by Crippen LogP contribution is -2.25. The van der Waals surface area contributed by atoms with Crippen molar-refractivity contribution in [1.82, 2.24) is 19.9 Å². The van der Waals surface area contributed by atoms with Gasteiger partial charge >= 0.3 is 0 Å². The number of halogens is 1. The van der Waals surface area contributed by atoms with Gasteiger partial charge < -0.3 is 5.32 Å². The van der Waals surface area contributed by atoms with Crippen molar-refractivity contribution >= 4 is 21.6 Å². The fourth-order valence-corrected chi connectivity index (χ4v) is 2.67. The molecule has 1 fully saturated rings. The summed E-state index contributed by atoms with van der Waals surface area (Å²) in [4.78, 5) is 4.48. The second-order valence-corrected chi connectivity index (χ2v) is 5.46. The lowest BCUT2D eigenvalue weighted by molar-refractivity contribution is 0.513. The third-order valence-corrected chi connectivity index (χ3v) is 3.71. The molecule has 0 aromatic carbocycles. The summed E-state index contributed by atoms with van der Waals surface area (Å²) in [5, 5.41) is 7.97. The standard InChI is InChI=1S/C12H15BrN4/c13-9-5-6-12-15-11(16-17(12)8-9)7-14-10-3-1-2-4-10/h5-6,8,10,14H,1-4,7H2. The molecule has 1 aliphatic rings. The van der Waals surface area contributed by atoms with E-state index in [-0.39, 0.29) is 0 Å². The Balaban J connectivity index is 1.72. The Bertz CT molecular complexity index is 516. The van der Waals surface area contributed by atoms with Crippen LogP contribution in [0.25, 0.3) is 5.65 Å². The van der Waals surface area contributed by atoms with Gasteiger partial charge in [0.25, 0.3) is 0 Å². The smallest absolute Gasteiger partial charge is 0.165 e. The maximum Gasteiger partial charge on any atom is 0.165 e. The van der Waals surface area contributed by atoms with Crippen molar-refractivity contribution < 1.29 is 0 Å². The summed E-state index contributed by atoms with van der Waals surface area (Å²) in [5.74, 6) is 0.870. The molecule has 4 nitrogen and oxygen atoms in total. The van der Waals surface area contributed by atoms with E-state index < -0.39 is 0 Å². The average Bonchev–Trinajstić information content (AvgIpc) is 2.94. The monoisotopic (exact) mass is 294 g/mol. The lowest BCUT2D eigenvalue weighted by atomic mass is 10.2.